The number of hydrogen-bond acceptors (Lipinski definition) is 3. The number of rotatable bonds is 3. The van der Waals surface area contributed by atoms with Gasteiger partial charge in [0.05, 0.1) is 0 Å². The first-order valence-electron chi connectivity index (χ1n) is 7.84. The fourth-order valence-electron chi connectivity index (χ4n) is 3.53. The van der Waals surface area contributed by atoms with E-state index in [9.17, 15) is 0 Å². The van der Waals surface area contributed by atoms with Gasteiger partial charge in [0.25, 0.3) is 0 Å². The molecule has 1 fully saturated rings. The maximum atomic E-state index is 6.38. The molecule has 2 aliphatic carbocycles. The topological polar surface area (TPSA) is 35.0 Å². The Kier molecular flexibility index (Phi) is 4.00. The van der Waals surface area contributed by atoms with Crippen molar-refractivity contribution in [3.63, 3.8) is 0 Å². The number of aryl methyl sites for hydroxylation is 1. The zero-order valence-electron chi connectivity index (χ0n) is 12.4. The highest BCUT2D eigenvalue weighted by atomic mass is 35.5. The van der Waals surface area contributed by atoms with Gasteiger partial charge in [-0.3, -0.25) is 0 Å². The van der Waals surface area contributed by atoms with Crippen LogP contribution in [-0.2, 0) is 23.2 Å². The normalized spacial score (nSPS) is 29.4. The zero-order chi connectivity index (χ0) is 14.2. The van der Waals surface area contributed by atoms with Crippen molar-refractivity contribution < 1.29 is 4.74 Å². The van der Waals surface area contributed by atoms with Gasteiger partial charge in [0.15, 0.2) is 5.82 Å². The summed E-state index contributed by atoms with van der Waals surface area (Å²) in [4.78, 5) is 9.45. The highest BCUT2D eigenvalue weighted by Gasteiger charge is 2.40. The number of nitrogens with zero attached hydrogens (tertiary/aromatic N) is 2. The van der Waals surface area contributed by atoms with Gasteiger partial charge in [-0.1, -0.05) is 18.5 Å². The van der Waals surface area contributed by atoms with Crippen molar-refractivity contribution in [1.29, 1.82) is 0 Å². The van der Waals surface area contributed by atoms with Gasteiger partial charge in [0.1, 0.15) is 10.8 Å². The lowest BCUT2D eigenvalue weighted by atomic mass is 9.78. The molecule has 0 unspecified atom stereocenters. The van der Waals surface area contributed by atoms with Crippen LogP contribution in [-0.4, -0.2) is 16.6 Å². The van der Waals surface area contributed by atoms with Crippen LogP contribution in [0.2, 0.25) is 5.15 Å². The average Bonchev–Trinajstić information content (AvgIpc) is 2.91. The van der Waals surface area contributed by atoms with Gasteiger partial charge in [0, 0.05) is 17.9 Å². The maximum absolute atomic E-state index is 6.38. The van der Waals surface area contributed by atoms with Crippen LogP contribution in [0.25, 0.3) is 0 Å². The van der Waals surface area contributed by atoms with Crippen molar-refractivity contribution in [3.8, 4) is 0 Å². The molecule has 2 aliphatic rings. The summed E-state index contributed by atoms with van der Waals surface area (Å²) in [7, 11) is 0. The number of halogens is 1. The van der Waals surface area contributed by atoms with E-state index in [0.29, 0.717) is 11.8 Å². The molecular weight excluding hydrogens is 272 g/mol. The molecule has 0 atom stereocenters. The molecule has 3 rings (SSSR count). The van der Waals surface area contributed by atoms with Crippen LogP contribution in [0.15, 0.2) is 0 Å². The second kappa shape index (κ2) is 5.61. The van der Waals surface area contributed by atoms with E-state index >= 15 is 0 Å². The van der Waals surface area contributed by atoms with Crippen LogP contribution in [0.3, 0.4) is 0 Å². The van der Waals surface area contributed by atoms with Crippen LogP contribution in [0.4, 0.5) is 0 Å². The van der Waals surface area contributed by atoms with Crippen LogP contribution >= 0.6 is 11.6 Å². The van der Waals surface area contributed by atoms with Gasteiger partial charge in [-0.2, -0.15) is 0 Å². The molecule has 3 nitrogen and oxygen atoms in total. The largest absolute Gasteiger partial charge is 0.367 e. The molecule has 0 aromatic carbocycles. The quantitative estimate of drug-likeness (QED) is 0.789. The van der Waals surface area contributed by atoms with E-state index in [1.165, 1.54) is 12.8 Å². The Hall–Kier alpha value is -0.670. The van der Waals surface area contributed by atoms with E-state index in [1.54, 1.807) is 0 Å². The van der Waals surface area contributed by atoms with Crippen molar-refractivity contribution >= 4 is 11.6 Å². The molecule has 4 heteroatoms. The summed E-state index contributed by atoms with van der Waals surface area (Å²) < 4.78 is 6.14. The first-order valence-corrected chi connectivity index (χ1v) is 8.22. The number of ether oxygens (including phenoxy) is 1. The Balaban J connectivity index is 1.97. The van der Waals surface area contributed by atoms with Crippen molar-refractivity contribution in [2.45, 2.75) is 64.4 Å². The van der Waals surface area contributed by atoms with E-state index in [4.69, 9.17) is 21.3 Å². The fourth-order valence-corrected chi connectivity index (χ4v) is 3.81. The SMILES string of the molecule is CCOC1(c2nc(Cl)c3c(n2)CCC3)CCC(C)CC1. The Morgan fingerprint density at radius 3 is 2.70 bits per heavy atom. The summed E-state index contributed by atoms with van der Waals surface area (Å²) in [6.45, 7) is 5.06. The average molecular weight is 295 g/mol. The molecule has 1 heterocycles. The second-order valence-corrected chi connectivity index (χ2v) is 6.58. The van der Waals surface area contributed by atoms with Crippen LogP contribution in [0.5, 0.6) is 0 Å². The summed E-state index contributed by atoms with van der Waals surface area (Å²) >= 11 is 6.38. The predicted octanol–water partition coefficient (Wildman–Crippen LogP) is 4.06. The third-order valence-corrected chi connectivity index (χ3v) is 5.11. The van der Waals surface area contributed by atoms with Crippen LogP contribution < -0.4 is 0 Å². The van der Waals surface area contributed by atoms with Gasteiger partial charge >= 0.3 is 0 Å². The van der Waals surface area contributed by atoms with E-state index in [-0.39, 0.29) is 5.60 Å². The first kappa shape index (κ1) is 14.3. The van der Waals surface area contributed by atoms with Crippen LogP contribution in [0, 0.1) is 5.92 Å². The molecule has 0 aliphatic heterocycles. The Bertz CT molecular complexity index is 495. The molecule has 1 aromatic rings. The minimum atomic E-state index is -0.303. The summed E-state index contributed by atoms with van der Waals surface area (Å²) in [5.41, 5.74) is 2.01. The maximum Gasteiger partial charge on any atom is 0.162 e. The van der Waals surface area contributed by atoms with Crippen molar-refractivity contribution in [1.82, 2.24) is 9.97 Å². The number of fused-ring (bicyclic) bond motifs is 1. The molecular formula is C16H23ClN2O. The van der Waals surface area contributed by atoms with Crippen molar-refractivity contribution in [2.75, 3.05) is 6.61 Å². The van der Waals surface area contributed by atoms with Gasteiger partial charge < -0.3 is 4.74 Å². The lowest BCUT2D eigenvalue weighted by Crippen LogP contribution is -2.36. The molecule has 110 valence electrons. The lowest BCUT2D eigenvalue weighted by molar-refractivity contribution is -0.0838. The molecule has 0 saturated heterocycles. The number of hydrogen-bond donors (Lipinski definition) is 0. The highest BCUT2D eigenvalue weighted by molar-refractivity contribution is 6.30. The smallest absolute Gasteiger partial charge is 0.162 e. The second-order valence-electron chi connectivity index (χ2n) is 6.23. The Morgan fingerprint density at radius 2 is 2.00 bits per heavy atom. The van der Waals surface area contributed by atoms with Crippen LogP contribution in [0.1, 0.15) is 63.0 Å². The van der Waals surface area contributed by atoms with Gasteiger partial charge in [-0.25, -0.2) is 9.97 Å². The number of aromatic nitrogens is 2. The standard InChI is InChI=1S/C16H23ClN2O/c1-3-20-16(9-7-11(2)8-10-16)15-18-13-6-4-5-12(13)14(17)19-15/h11H,3-10H2,1-2H3. The summed E-state index contributed by atoms with van der Waals surface area (Å²) in [5.74, 6) is 1.60. The first-order chi connectivity index (χ1) is 9.64. The van der Waals surface area contributed by atoms with Gasteiger partial charge in [0.2, 0.25) is 0 Å². The predicted molar refractivity (Wildman–Crippen MR) is 80.0 cm³/mol. The summed E-state index contributed by atoms with van der Waals surface area (Å²) in [6.07, 6.45) is 7.58. The fraction of sp³-hybridized carbons (Fsp3) is 0.750. The molecule has 1 aromatic heterocycles. The van der Waals surface area contributed by atoms with Crippen molar-refractivity contribution in [2.24, 2.45) is 5.92 Å². The highest BCUT2D eigenvalue weighted by Crippen LogP contribution is 2.42. The molecule has 1 saturated carbocycles. The molecule has 0 spiro atoms. The van der Waals surface area contributed by atoms with Gasteiger partial charge in [-0.05, 0) is 57.8 Å². The summed E-state index contributed by atoms with van der Waals surface area (Å²) in [6, 6.07) is 0. The third-order valence-electron chi connectivity index (χ3n) is 4.79. The zero-order valence-corrected chi connectivity index (χ0v) is 13.2. The molecule has 20 heavy (non-hydrogen) atoms. The molecule has 0 N–H and O–H groups in total. The Morgan fingerprint density at radius 1 is 1.25 bits per heavy atom. The minimum absolute atomic E-state index is 0.303. The Labute approximate surface area is 126 Å². The van der Waals surface area contributed by atoms with Crippen molar-refractivity contribution in [3.05, 3.63) is 22.2 Å². The van der Waals surface area contributed by atoms with E-state index in [1.807, 2.05) is 0 Å². The molecule has 0 amide bonds. The van der Waals surface area contributed by atoms with Gasteiger partial charge in [-0.15, -0.1) is 0 Å². The monoisotopic (exact) mass is 294 g/mol. The van der Waals surface area contributed by atoms with E-state index < -0.39 is 0 Å². The third kappa shape index (κ3) is 2.46. The summed E-state index contributed by atoms with van der Waals surface area (Å²) in [5, 5.41) is 0.653. The van der Waals surface area contributed by atoms with E-state index in [2.05, 4.69) is 18.8 Å². The molecule has 0 bridgehead atoms. The van der Waals surface area contributed by atoms with E-state index in [0.717, 1.165) is 55.1 Å². The molecule has 0 radical (unpaired) electrons. The lowest BCUT2D eigenvalue weighted by Gasteiger charge is -2.38. The minimum Gasteiger partial charge on any atom is -0.367 e.